The minimum Gasteiger partial charge on any atom is -0.493 e. The number of thiazole rings is 1. The van der Waals surface area contributed by atoms with Crippen LogP contribution in [0.15, 0.2) is 23.6 Å². The van der Waals surface area contributed by atoms with E-state index in [9.17, 15) is 0 Å². The number of benzene rings is 1. The van der Waals surface area contributed by atoms with Gasteiger partial charge in [0, 0.05) is 34.6 Å². The molecule has 0 aliphatic heterocycles. The molecule has 0 bridgehead atoms. The predicted octanol–water partition coefficient (Wildman–Crippen LogP) is 3.43. The number of hydrogen-bond donors (Lipinski definition) is 2. The molecule has 0 radical (unpaired) electrons. The molecule has 0 spiro atoms. The van der Waals surface area contributed by atoms with Crippen LogP contribution in [0.3, 0.4) is 0 Å². The first-order chi connectivity index (χ1) is 9.17. The van der Waals surface area contributed by atoms with E-state index in [1.165, 1.54) is 0 Å². The topological polar surface area (TPSA) is 60.2 Å². The molecule has 4 nitrogen and oxygen atoms in total. The summed E-state index contributed by atoms with van der Waals surface area (Å²) in [7, 11) is 0. The molecule has 3 N–H and O–H groups in total. The fourth-order valence-corrected chi connectivity index (χ4v) is 2.40. The Morgan fingerprint density at radius 3 is 2.89 bits per heavy atom. The smallest absolute Gasteiger partial charge is 0.123 e. The van der Waals surface area contributed by atoms with Gasteiger partial charge in [-0.15, -0.1) is 11.3 Å². The molecule has 102 valence electrons. The van der Waals surface area contributed by atoms with E-state index < -0.39 is 0 Å². The highest BCUT2D eigenvalue weighted by molar-refractivity contribution is 7.09. The average Bonchev–Trinajstić information content (AvgIpc) is 2.79. The molecule has 1 aromatic heterocycles. The van der Waals surface area contributed by atoms with Crippen LogP contribution in [-0.2, 0) is 6.54 Å². The number of rotatable bonds is 6. The van der Waals surface area contributed by atoms with Crippen molar-refractivity contribution >= 4 is 22.7 Å². The molecule has 2 aromatic rings. The molecule has 0 fully saturated rings. The molecule has 1 heterocycles. The molecule has 0 amide bonds. The molecular formula is C14H19N3OS. The Hall–Kier alpha value is -1.75. The summed E-state index contributed by atoms with van der Waals surface area (Å²) in [4.78, 5) is 4.41. The summed E-state index contributed by atoms with van der Waals surface area (Å²) in [5, 5.41) is 6.43. The van der Waals surface area contributed by atoms with Gasteiger partial charge in [-0.2, -0.15) is 0 Å². The van der Waals surface area contributed by atoms with E-state index in [0.717, 1.165) is 28.6 Å². The van der Waals surface area contributed by atoms with E-state index in [0.29, 0.717) is 18.8 Å². The summed E-state index contributed by atoms with van der Waals surface area (Å²) < 4.78 is 5.60. The van der Waals surface area contributed by atoms with Crippen LogP contribution < -0.4 is 15.8 Å². The zero-order chi connectivity index (χ0) is 13.7. The zero-order valence-electron chi connectivity index (χ0n) is 11.3. The van der Waals surface area contributed by atoms with Crippen LogP contribution in [-0.4, -0.2) is 11.6 Å². The van der Waals surface area contributed by atoms with Crippen molar-refractivity contribution in [2.75, 3.05) is 17.7 Å². The number of hydrogen-bond acceptors (Lipinski definition) is 5. The number of nitrogens with one attached hydrogen (secondary N) is 1. The summed E-state index contributed by atoms with van der Waals surface area (Å²) in [5.74, 6) is 0.805. The van der Waals surface area contributed by atoms with Gasteiger partial charge in [-0.05, 0) is 19.4 Å². The molecule has 0 aliphatic carbocycles. The van der Waals surface area contributed by atoms with E-state index in [2.05, 4.69) is 17.2 Å². The summed E-state index contributed by atoms with van der Waals surface area (Å²) >= 11 is 1.65. The molecule has 0 saturated heterocycles. The number of aromatic nitrogens is 1. The van der Waals surface area contributed by atoms with Crippen molar-refractivity contribution in [3.8, 4) is 5.75 Å². The number of nitrogens with two attached hydrogens (primary N) is 1. The van der Waals surface area contributed by atoms with Gasteiger partial charge in [0.15, 0.2) is 0 Å². The van der Waals surface area contributed by atoms with Crippen molar-refractivity contribution in [2.24, 2.45) is 0 Å². The summed E-state index contributed by atoms with van der Waals surface area (Å²) in [6, 6.07) is 5.71. The monoisotopic (exact) mass is 277 g/mol. The van der Waals surface area contributed by atoms with Gasteiger partial charge >= 0.3 is 0 Å². The van der Waals surface area contributed by atoms with E-state index in [1.54, 1.807) is 11.3 Å². The fraction of sp³-hybridized carbons (Fsp3) is 0.357. The lowest BCUT2D eigenvalue weighted by atomic mass is 10.2. The van der Waals surface area contributed by atoms with Crippen LogP contribution in [0.2, 0.25) is 0 Å². The Bertz CT molecular complexity index is 539. The number of anilines is 2. The molecule has 0 unspecified atom stereocenters. The number of ether oxygens (including phenoxy) is 1. The second kappa shape index (κ2) is 6.43. The number of nitrogens with zero attached hydrogens (tertiary/aromatic N) is 1. The maximum absolute atomic E-state index is 5.87. The molecule has 19 heavy (non-hydrogen) atoms. The Morgan fingerprint density at radius 2 is 2.21 bits per heavy atom. The van der Waals surface area contributed by atoms with Gasteiger partial charge in [0.2, 0.25) is 0 Å². The molecule has 2 rings (SSSR count). The van der Waals surface area contributed by atoms with Gasteiger partial charge < -0.3 is 15.8 Å². The SMILES string of the molecule is CCCOc1cc(N)cc(NCc2nc(C)cs2)c1. The van der Waals surface area contributed by atoms with Crippen LogP contribution in [0.5, 0.6) is 5.75 Å². The fourth-order valence-electron chi connectivity index (χ4n) is 1.69. The minimum atomic E-state index is 0.700. The van der Waals surface area contributed by atoms with Crippen molar-refractivity contribution in [3.05, 3.63) is 34.3 Å². The van der Waals surface area contributed by atoms with Crippen LogP contribution in [0.4, 0.5) is 11.4 Å². The predicted molar refractivity (Wildman–Crippen MR) is 80.8 cm³/mol. The van der Waals surface area contributed by atoms with Crippen LogP contribution in [0, 0.1) is 6.92 Å². The first-order valence-electron chi connectivity index (χ1n) is 6.35. The maximum atomic E-state index is 5.87. The molecule has 0 aliphatic rings. The zero-order valence-corrected chi connectivity index (χ0v) is 12.1. The standard InChI is InChI=1S/C14H19N3OS/c1-3-4-18-13-6-11(15)5-12(7-13)16-8-14-17-10(2)9-19-14/h5-7,9,16H,3-4,8,15H2,1-2H3. The lowest BCUT2D eigenvalue weighted by Crippen LogP contribution is -2.02. The van der Waals surface area contributed by atoms with E-state index >= 15 is 0 Å². The highest BCUT2D eigenvalue weighted by Gasteiger charge is 2.02. The maximum Gasteiger partial charge on any atom is 0.123 e. The van der Waals surface area contributed by atoms with Crippen molar-refractivity contribution in [3.63, 3.8) is 0 Å². The molecule has 1 aromatic carbocycles. The Kier molecular flexibility index (Phi) is 4.63. The quantitative estimate of drug-likeness (QED) is 0.794. The van der Waals surface area contributed by atoms with Gasteiger partial charge in [-0.3, -0.25) is 0 Å². The average molecular weight is 277 g/mol. The van der Waals surface area contributed by atoms with Crippen LogP contribution >= 0.6 is 11.3 Å². The van der Waals surface area contributed by atoms with Crippen molar-refractivity contribution in [1.82, 2.24) is 4.98 Å². The van der Waals surface area contributed by atoms with E-state index in [1.807, 2.05) is 30.5 Å². The lowest BCUT2D eigenvalue weighted by molar-refractivity contribution is 0.318. The second-order valence-electron chi connectivity index (χ2n) is 4.38. The third-order valence-electron chi connectivity index (χ3n) is 2.51. The van der Waals surface area contributed by atoms with E-state index in [4.69, 9.17) is 10.5 Å². The van der Waals surface area contributed by atoms with Gasteiger partial charge in [-0.25, -0.2) is 4.98 Å². The van der Waals surface area contributed by atoms with Gasteiger partial charge in [0.05, 0.1) is 13.2 Å². The highest BCUT2D eigenvalue weighted by atomic mass is 32.1. The summed E-state index contributed by atoms with van der Waals surface area (Å²) in [6.45, 7) is 5.48. The normalized spacial score (nSPS) is 10.4. The van der Waals surface area contributed by atoms with Gasteiger partial charge in [0.1, 0.15) is 10.8 Å². The van der Waals surface area contributed by atoms with Gasteiger partial charge in [0.25, 0.3) is 0 Å². The molecule has 0 saturated carbocycles. The minimum absolute atomic E-state index is 0.700. The highest BCUT2D eigenvalue weighted by Crippen LogP contribution is 2.23. The second-order valence-corrected chi connectivity index (χ2v) is 5.32. The van der Waals surface area contributed by atoms with E-state index in [-0.39, 0.29) is 0 Å². The lowest BCUT2D eigenvalue weighted by Gasteiger charge is -2.10. The third-order valence-corrected chi connectivity index (χ3v) is 3.48. The first kappa shape index (κ1) is 13.7. The van der Waals surface area contributed by atoms with Crippen molar-refractivity contribution < 1.29 is 4.74 Å². The Labute approximate surface area is 117 Å². The Balaban J connectivity index is 2.01. The van der Waals surface area contributed by atoms with Crippen molar-refractivity contribution in [2.45, 2.75) is 26.8 Å². The molecule has 0 atom stereocenters. The van der Waals surface area contributed by atoms with Crippen LogP contribution in [0.25, 0.3) is 0 Å². The first-order valence-corrected chi connectivity index (χ1v) is 7.23. The summed E-state index contributed by atoms with van der Waals surface area (Å²) in [6.07, 6.45) is 0.982. The Morgan fingerprint density at radius 1 is 1.37 bits per heavy atom. The van der Waals surface area contributed by atoms with Crippen molar-refractivity contribution in [1.29, 1.82) is 0 Å². The molecular weight excluding hydrogens is 258 g/mol. The third kappa shape index (κ3) is 4.13. The largest absolute Gasteiger partial charge is 0.493 e. The van der Waals surface area contributed by atoms with Crippen LogP contribution in [0.1, 0.15) is 24.0 Å². The summed E-state index contributed by atoms with van der Waals surface area (Å²) in [5.41, 5.74) is 8.59. The molecule has 5 heteroatoms. The number of nitrogen functional groups attached to an aromatic ring is 1. The van der Waals surface area contributed by atoms with Gasteiger partial charge in [-0.1, -0.05) is 6.92 Å². The number of aryl methyl sites for hydroxylation is 1.